The molecule has 1 saturated heterocycles. The van der Waals surface area contributed by atoms with Gasteiger partial charge in [-0.1, -0.05) is 6.08 Å². The van der Waals surface area contributed by atoms with Crippen LogP contribution in [0, 0.1) is 5.92 Å². The zero-order valence-electron chi connectivity index (χ0n) is 10.1. The molecule has 1 aromatic rings. The predicted molar refractivity (Wildman–Crippen MR) is 71.3 cm³/mol. The maximum Gasteiger partial charge on any atom is 0.294 e. The number of nitrogen functional groups attached to an aromatic ring is 1. The minimum atomic E-state index is -4.29. The lowest BCUT2D eigenvalue weighted by molar-refractivity contribution is -0.117. The SMILES string of the molecule is C=CC1CC(=O)N(c2ccc(S(=O)(=O)O)cc2N)C1. The molecule has 0 radical (unpaired) electrons. The highest BCUT2D eigenvalue weighted by Crippen LogP contribution is 2.31. The zero-order valence-corrected chi connectivity index (χ0v) is 10.9. The molecular weight excluding hydrogens is 268 g/mol. The monoisotopic (exact) mass is 282 g/mol. The molecule has 2 rings (SSSR count). The normalized spacial score (nSPS) is 19.7. The van der Waals surface area contributed by atoms with Gasteiger partial charge in [-0.3, -0.25) is 9.35 Å². The van der Waals surface area contributed by atoms with Gasteiger partial charge in [-0.2, -0.15) is 8.42 Å². The van der Waals surface area contributed by atoms with Gasteiger partial charge in [0, 0.05) is 18.9 Å². The molecule has 1 atom stereocenters. The molecular formula is C12H14N2O4S. The van der Waals surface area contributed by atoms with Gasteiger partial charge in [0.2, 0.25) is 5.91 Å². The Labute approximate surface area is 111 Å². The average Bonchev–Trinajstić information content (AvgIpc) is 2.69. The second-order valence-corrected chi connectivity index (χ2v) is 5.82. The van der Waals surface area contributed by atoms with E-state index in [1.165, 1.54) is 17.0 Å². The Kier molecular flexibility index (Phi) is 3.34. The van der Waals surface area contributed by atoms with Crippen molar-refractivity contribution in [3.8, 4) is 0 Å². The van der Waals surface area contributed by atoms with Crippen LogP contribution in [0.25, 0.3) is 0 Å². The Hall–Kier alpha value is -1.86. The Morgan fingerprint density at radius 1 is 1.47 bits per heavy atom. The number of amides is 1. The first-order valence-corrected chi connectivity index (χ1v) is 7.07. The van der Waals surface area contributed by atoms with E-state index in [9.17, 15) is 13.2 Å². The molecule has 1 aliphatic heterocycles. The van der Waals surface area contributed by atoms with Gasteiger partial charge < -0.3 is 10.6 Å². The lowest BCUT2D eigenvalue weighted by Gasteiger charge is -2.18. The molecule has 7 heteroatoms. The van der Waals surface area contributed by atoms with Crippen LogP contribution in [0.4, 0.5) is 11.4 Å². The third-order valence-corrected chi connectivity index (χ3v) is 3.93. The van der Waals surface area contributed by atoms with Gasteiger partial charge in [0.25, 0.3) is 10.1 Å². The molecule has 102 valence electrons. The summed E-state index contributed by atoms with van der Waals surface area (Å²) in [6, 6.07) is 3.77. The van der Waals surface area contributed by atoms with E-state index in [4.69, 9.17) is 10.3 Å². The van der Waals surface area contributed by atoms with Crippen molar-refractivity contribution >= 4 is 27.4 Å². The molecule has 19 heavy (non-hydrogen) atoms. The van der Waals surface area contributed by atoms with E-state index in [-0.39, 0.29) is 22.4 Å². The second kappa shape index (κ2) is 4.67. The zero-order chi connectivity index (χ0) is 14.2. The Morgan fingerprint density at radius 2 is 2.16 bits per heavy atom. The van der Waals surface area contributed by atoms with Gasteiger partial charge in [0.1, 0.15) is 0 Å². The number of carbonyl (C=O) groups is 1. The van der Waals surface area contributed by atoms with Crippen molar-refractivity contribution in [3.05, 3.63) is 30.9 Å². The Balaban J connectivity index is 2.37. The summed E-state index contributed by atoms with van der Waals surface area (Å²) in [5, 5.41) is 0. The van der Waals surface area contributed by atoms with Crippen molar-refractivity contribution in [3.63, 3.8) is 0 Å². The summed E-state index contributed by atoms with van der Waals surface area (Å²) in [4.78, 5) is 13.0. The molecule has 1 amide bonds. The van der Waals surface area contributed by atoms with Crippen LogP contribution >= 0.6 is 0 Å². The molecule has 1 aromatic carbocycles. The van der Waals surface area contributed by atoms with Crippen LogP contribution in [0.3, 0.4) is 0 Å². The minimum Gasteiger partial charge on any atom is -0.397 e. The van der Waals surface area contributed by atoms with E-state index in [0.29, 0.717) is 18.7 Å². The Morgan fingerprint density at radius 3 is 2.63 bits per heavy atom. The fourth-order valence-electron chi connectivity index (χ4n) is 2.06. The van der Waals surface area contributed by atoms with Gasteiger partial charge in [0.15, 0.2) is 0 Å². The molecule has 0 spiro atoms. The first-order chi connectivity index (χ1) is 8.82. The highest BCUT2D eigenvalue weighted by molar-refractivity contribution is 7.85. The lowest BCUT2D eigenvalue weighted by atomic mass is 10.1. The first kappa shape index (κ1) is 13.6. The summed E-state index contributed by atoms with van der Waals surface area (Å²) in [5.41, 5.74) is 6.33. The largest absolute Gasteiger partial charge is 0.397 e. The summed E-state index contributed by atoms with van der Waals surface area (Å²) in [5.74, 6) is -0.0237. The molecule has 6 nitrogen and oxygen atoms in total. The van der Waals surface area contributed by atoms with Gasteiger partial charge in [-0.15, -0.1) is 6.58 Å². The standard InChI is InChI=1S/C12H14N2O4S/c1-2-8-5-12(15)14(7-8)11-4-3-9(6-10(11)13)19(16,17)18/h2-4,6,8H,1,5,7,13H2,(H,16,17,18). The van der Waals surface area contributed by atoms with Crippen molar-refractivity contribution in [1.82, 2.24) is 0 Å². The maximum atomic E-state index is 11.8. The van der Waals surface area contributed by atoms with Gasteiger partial charge >= 0.3 is 0 Å². The summed E-state index contributed by atoms with van der Waals surface area (Å²) in [7, 11) is -4.29. The topological polar surface area (TPSA) is 101 Å². The van der Waals surface area contributed by atoms with Crippen molar-refractivity contribution in [2.24, 2.45) is 5.92 Å². The van der Waals surface area contributed by atoms with Crippen LogP contribution < -0.4 is 10.6 Å². The number of anilines is 2. The summed E-state index contributed by atoms with van der Waals surface area (Å²) >= 11 is 0. The molecule has 1 heterocycles. The third kappa shape index (κ3) is 2.61. The molecule has 0 aliphatic carbocycles. The molecule has 0 aromatic heterocycles. The number of benzene rings is 1. The summed E-state index contributed by atoms with van der Waals surface area (Å²) in [6.07, 6.45) is 2.07. The number of nitrogens with zero attached hydrogens (tertiary/aromatic N) is 1. The second-order valence-electron chi connectivity index (χ2n) is 4.40. The molecule has 1 aliphatic rings. The predicted octanol–water partition coefficient (Wildman–Crippen LogP) is 1.05. The maximum absolute atomic E-state index is 11.8. The quantitative estimate of drug-likeness (QED) is 0.490. The highest BCUT2D eigenvalue weighted by Gasteiger charge is 2.30. The third-order valence-electron chi connectivity index (χ3n) is 3.08. The van der Waals surface area contributed by atoms with E-state index in [1.54, 1.807) is 6.08 Å². The molecule has 3 N–H and O–H groups in total. The van der Waals surface area contributed by atoms with E-state index in [0.717, 1.165) is 6.07 Å². The number of nitrogens with two attached hydrogens (primary N) is 1. The highest BCUT2D eigenvalue weighted by atomic mass is 32.2. The van der Waals surface area contributed by atoms with E-state index in [1.807, 2.05) is 0 Å². The number of rotatable bonds is 3. The van der Waals surface area contributed by atoms with Crippen LogP contribution in [0.5, 0.6) is 0 Å². The number of hydrogen-bond donors (Lipinski definition) is 2. The van der Waals surface area contributed by atoms with Crippen LogP contribution in [-0.2, 0) is 14.9 Å². The van der Waals surface area contributed by atoms with Crippen LogP contribution in [0.1, 0.15) is 6.42 Å². The first-order valence-electron chi connectivity index (χ1n) is 5.63. The summed E-state index contributed by atoms with van der Waals surface area (Å²) in [6.45, 7) is 4.12. The van der Waals surface area contributed by atoms with Gasteiger partial charge in [0.05, 0.1) is 16.3 Å². The number of hydrogen-bond acceptors (Lipinski definition) is 4. The summed E-state index contributed by atoms with van der Waals surface area (Å²) < 4.78 is 30.9. The fourth-order valence-corrected chi connectivity index (χ4v) is 2.58. The number of carbonyl (C=O) groups excluding carboxylic acids is 1. The van der Waals surface area contributed by atoms with Gasteiger partial charge in [-0.05, 0) is 18.2 Å². The van der Waals surface area contributed by atoms with Crippen molar-refractivity contribution < 1.29 is 17.8 Å². The Bertz CT molecular complexity index is 639. The molecule has 1 fully saturated rings. The van der Waals surface area contributed by atoms with Crippen LogP contribution in [0.15, 0.2) is 35.7 Å². The molecule has 0 saturated carbocycles. The van der Waals surface area contributed by atoms with Crippen molar-refractivity contribution in [2.45, 2.75) is 11.3 Å². The van der Waals surface area contributed by atoms with Gasteiger partial charge in [-0.25, -0.2) is 0 Å². The minimum absolute atomic E-state index is 0.0631. The fraction of sp³-hybridized carbons (Fsp3) is 0.250. The van der Waals surface area contributed by atoms with Crippen LogP contribution in [-0.4, -0.2) is 25.4 Å². The van der Waals surface area contributed by atoms with Crippen molar-refractivity contribution in [2.75, 3.05) is 17.2 Å². The van der Waals surface area contributed by atoms with Crippen LogP contribution in [0.2, 0.25) is 0 Å². The van der Waals surface area contributed by atoms with E-state index in [2.05, 4.69) is 6.58 Å². The smallest absolute Gasteiger partial charge is 0.294 e. The molecule has 1 unspecified atom stereocenters. The molecule has 0 bridgehead atoms. The van der Waals surface area contributed by atoms with E-state index < -0.39 is 10.1 Å². The lowest BCUT2D eigenvalue weighted by Crippen LogP contribution is -2.25. The average molecular weight is 282 g/mol. The van der Waals surface area contributed by atoms with E-state index >= 15 is 0 Å². The van der Waals surface area contributed by atoms with Crippen molar-refractivity contribution in [1.29, 1.82) is 0 Å².